The number of oxazole rings is 1. The van der Waals surface area contributed by atoms with Gasteiger partial charge in [0.25, 0.3) is 0 Å². The average Bonchev–Trinajstić information content (AvgIpc) is 2.66. The molecule has 0 saturated heterocycles. The highest BCUT2D eigenvalue weighted by Gasteiger charge is 2.12. The number of benzene rings is 1. The Balaban J connectivity index is 2.42. The van der Waals surface area contributed by atoms with Crippen molar-refractivity contribution >= 4 is 39.1 Å². The van der Waals surface area contributed by atoms with Crippen LogP contribution in [0.25, 0.3) is 11.3 Å². The van der Waals surface area contributed by atoms with Gasteiger partial charge in [-0.25, -0.2) is 4.98 Å². The van der Waals surface area contributed by atoms with Crippen LogP contribution in [-0.4, -0.2) is 4.98 Å². The maximum atomic E-state index is 5.88. The van der Waals surface area contributed by atoms with Crippen molar-refractivity contribution in [2.45, 2.75) is 12.3 Å². The number of hydrogen-bond acceptors (Lipinski definition) is 2. The van der Waals surface area contributed by atoms with Crippen LogP contribution in [0.4, 0.5) is 0 Å². The second-order valence-corrected chi connectivity index (χ2v) is 5.25. The van der Waals surface area contributed by atoms with Crippen LogP contribution < -0.4 is 0 Å². The van der Waals surface area contributed by atoms with Crippen molar-refractivity contribution in [3.8, 4) is 11.3 Å². The molecule has 0 bridgehead atoms. The zero-order valence-corrected chi connectivity index (χ0v) is 11.5. The minimum atomic E-state index is -0.236. The standard InChI is InChI=1S/C11H8BrCl2NO/c1-6(13)11-15-5-10(16-11)8-3-2-7(14)4-9(8)12/h2-6H,1H3. The maximum absolute atomic E-state index is 5.88. The first-order valence-corrected chi connectivity index (χ1v) is 6.24. The van der Waals surface area contributed by atoms with Crippen molar-refractivity contribution in [3.63, 3.8) is 0 Å². The summed E-state index contributed by atoms with van der Waals surface area (Å²) in [7, 11) is 0. The average molecular weight is 321 g/mol. The largest absolute Gasteiger partial charge is 0.439 e. The van der Waals surface area contributed by atoms with E-state index >= 15 is 0 Å². The van der Waals surface area contributed by atoms with Gasteiger partial charge in [-0.1, -0.05) is 11.6 Å². The Morgan fingerprint density at radius 3 is 2.75 bits per heavy atom. The molecular weight excluding hydrogens is 313 g/mol. The topological polar surface area (TPSA) is 26.0 Å². The fourth-order valence-electron chi connectivity index (χ4n) is 1.29. The van der Waals surface area contributed by atoms with Crippen LogP contribution in [0.3, 0.4) is 0 Å². The SMILES string of the molecule is CC(Cl)c1ncc(-c2ccc(Cl)cc2Br)o1. The third kappa shape index (κ3) is 2.42. The molecule has 2 aromatic rings. The molecule has 0 spiro atoms. The van der Waals surface area contributed by atoms with E-state index in [1.54, 1.807) is 12.3 Å². The van der Waals surface area contributed by atoms with E-state index in [4.69, 9.17) is 27.6 Å². The van der Waals surface area contributed by atoms with Gasteiger partial charge in [-0.15, -0.1) is 11.6 Å². The van der Waals surface area contributed by atoms with Gasteiger partial charge in [0.1, 0.15) is 5.38 Å². The number of halogens is 3. The third-order valence-electron chi connectivity index (χ3n) is 2.06. The number of hydrogen-bond donors (Lipinski definition) is 0. The molecule has 0 radical (unpaired) electrons. The fraction of sp³-hybridized carbons (Fsp3) is 0.182. The molecule has 0 aliphatic carbocycles. The summed E-state index contributed by atoms with van der Waals surface area (Å²) >= 11 is 15.2. The molecule has 0 amide bonds. The van der Waals surface area contributed by atoms with Crippen LogP contribution >= 0.6 is 39.1 Å². The minimum absolute atomic E-state index is 0.236. The summed E-state index contributed by atoms with van der Waals surface area (Å²) in [6, 6.07) is 5.48. The van der Waals surface area contributed by atoms with E-state index in [9.17, 15) is 0 Å². The quantitative estimate of drug-likeness (QED) is 0.723. The van der Waals surface area contributed by atoms with E-state index in [1.807, 2.05) is 19.1 Å². The van der Waals surface area contributed by atoms with Crippen LogP contribution in [0.5, 0.6) is 0 Å². The first-order valence-electron chi connectivity index (χ1n) is 4.63. The number of nitrogens with zero attached hydrogens (tertiary/aromatic N) is 1. The molecule has 2 nitrogen and oxygen atoms in total. The van der Waals surface area contributed by atoms with E-state index in [2.05, 4.69) is 20.9 Å². The fourth-order valence-corrected chi connectivity index (χ4v) is 2.26. The highest BCUT2D eigenvalue weighted by atomic mass is 79.9. The minimum Gasteiger partial charge on any atom is -0.439 e. The van der Waals surface area contributed by atoms with Gasteiger partial charge in [0, 0.05) is 15.1 Å². The Morgan fingerprint density at radius 2 is 2.19 bits per heavy atom. The Hall–Kier alpha value is -0.510. The maximum Gasteiger partial charge on any atom is 0.212 e. The first-order chi connectivity index (χ1) is 7.58. The van der Waals surface area contributed by atoms with Gasteiger partial charge in [-0.3, -0.25) is 0 Å². The molecule has 1 heterocycles. The summed E-state index contributed by atoms with van der Waals surface area (Å²) < 4.78 is 6.40. The van der Waals surface area contributed by atoms with E-state index in [1.165, 1.54) is 0 Å². The Morgan fingerprint density at radius 1 is 1.44 bits per heavy atom. The van der Waals surface area contributed by atoms with Crippen LogP contribution in [0.2, 0.25) is 5.02 Å². The third-order valence-corrected chi connectivity index (χ3v) is 3.14. The van der Waals surface area contributed by atoms with Crippen LogP contribution in [-0.2, 0) is 0 Å². The van der Waals surface area contributed by atoms with Gasteiger partial charge >= 0.3 is 0 Å². The van der Waals surface area contributed by atoms with E-state index < -0.39 is 0 Å². The van der Waals surface area contributed by atoms with Crippen molar-refractivity contribution in [3.05, 3.63) is 39.8 Å². The van der Waals surface area contributed by atoms with Crippen molar-refractivity contribution in [2.75, 3.05) is 0 Å². The van der Waals surface area contributed by atoms with Gasteiger partial charge in [-0.2, -0.15) is 0 Å². The molecule has 84 valence electrons. The van der Waals surface area contributed by atoms with Crippen molar-refractivity contribution in [2.24, 2.45) is 0 Å². The molecule has 1 unspecified atom stereocenters. The summed E-state index contributed by atoms with van der Waals surface area (Å²) in [4.78, 5) is 4.10. The number of alkyl halides is 1. The van der Waals surface area contributed by atoms with E-state index in [-0.39, 0.29) is 5.38 Å². The molecule has 0 aliphatic heterocycles. The first kappa shape index (κ1) is 12.0. The molecule has 0 N–H and O–H groups in total. The van der Waals surface area contributed by atoms with Crippen LogP contribution in [0.1, 0.15) is 18.2 Å². The van der Waals surface area contributed by atoms with Crippen molar-refractivity contribution in [1.82, 2.24) is 4.98 Å². The summed E-state index contributed by atoms with van der Waals surface area (Å²) in [5, 5.41) is 0.431. The van der Waals surface area contributed by atoms with Gasteiger partial charge in [-0.05, 0) is 41.1 Å². The zero-order valence-electron chi connectivity index (χ0n) is 8.38. The number of rotatable bonds is 2. The lowest BCUT2D eigenvalue weighted by Crippen LogP contribution is -1.81. The van der Waals surface area contributed by atoms with Gasteiger partial charge < -0.3 is 4.42 Å². The van der Waals surface area contributed by atoms with Crippen molar-refractivity contribution in [1.29, 1.82) is 0 Å². The molecule has 1 aromatic carbocycles. The van der Waals surface area contributed by atoms with Crippen molar-refractivity contribution < 1.29 is 4.42 Å². The van der Waals surface area contributed by atoms with Gasteiger partial charge in [0.05, 0.1) is 6.20 Å². The Labute approximate surface area is 112 Å². The van der Waals surface area contributed by atoms with E-state index in [0.29, 0.717) is 16.7 Å². The van der Waals surface area contributed by atoms with Gasteiger partial charge in [0.15, 0.2) is 5.76 Å². The molecule has 5 heteroatoms. The molecule has 0 saturated carbocycles. The summed E-state index contributed by atoms with van der Waals surface area (Å²) in [6.07, 6.45) is 1.65. The Bertz CT molecular complexity index is 510. The monoisotopic (exact) mass is 319 g/mol. The number of aromatic nitrogens is 1. The highest BCUT2D eigenvalue weighted by Crippen LogP contribution is 2.32. The summed E-state index contributed by atoms with van der Waals surface area (Å²) in [5.41, 5.74) is 0.903. The van der Waals surface area contributed by atoms with Crippen LogP contribution in [0.15, 0.2) is 33.3 Å². The molecule has 1 atom stereocenters. The molecule has 0 aliphatic rings. The lowest BCUT2D eigenvalue weighted by atomic mass is 10.2. The van der Waals surface area contributed by atoms with E-state index in [0.717, 1.165) is 10.0 Å². The highest BCUT2D eigenvalue weighted by molar-refractivity contribution is 9.10. The smallest absolute Gasteiger partial charge is 0.212 e. The second-order valence-electron chi connectivity index (χ2n) is 3.30. The summed E-state index contributed by atoms with van der Waals surface area (Å²) in [5.74, 6) is 1.18. The second kappa shape index (κ2) is 4.78. The predicted octanol–water partition coefficient (Wildman–Crippen LogP) is 5.06. The zero-order chi connectivity index (χ0) is 11.7. The van der Waals surface area contributed by atoms with Gasteiger partial charge in [0.2, 0.25) is 5.89 Å². The lowest BCUT2D eigenvalue weighted by molar-refractivity contribution is 0.508. The molecule has 2 rings (SSSR count). The Kier molecular flexibility index (Phi) is 3.57. The molecule has 0 fully saturated rings. The lowest BCUT2D eigenvalue weighted by Gasteiger charge is -2.01. The normalized spacial score (nSPS) is 12.8. The predicted molar refractivity (Wildman–Crippen MR) is 68.9 cm³/mol. The molecule has 1 aromatic heterocycles. The molecule has 16 heavy (non-hydrogen) atoms. The van der Waals surface area contributed by atoms with Crippen LogP contribution in [0, 0.1) is 0 Å². The molecular formula is C11H8BrCl2NO. The summed E-state index contributed by atoms with van der Waals surface area (Å²) in [6.45, 7) is 1.81.